The molecule has 2 aromatic heterocycles. The second kappa shape index (κ2) is 22.9. The zero-order chi connectivity index (χ0) is 59.1. The lowest BCUT2D eigenvalue weighted by Gasteiger charge is -2.30. The molecule has 4 atom stereocenters. The van der Waals surface area contributed by atoms with Gasteiger partial charge in [0.15, 0.2) is 5.60 Å². The molecule has 0 bridgehead atoms. The van der Waals surface area contributed by atoms with Gasteiger partial charge in [0, 0.05) is 34.9 Å². The van der Waals surface area contributed by atoms with Crippen LogP contribution in [0.25, 0.3) is 33.4 Å². The molecule has 22 heteroatoms. The van der Waals surface area contributed by atoms with Crippen LogP contribution in [-0.4, -0.2) is 106 Å². The van der Waals surface area contributed by atoms with Crippen molar-refractivity contribution >= 4 is 58.5 Å². The molecule has 83 heavy (non-hydrogen) atoms. The Morgan fingerprint density at radius 3 is 2.13 bits per heavy atom. The van der Waals surface area contributed by atoms with Crippen LogP contribution in [0, 0.1) is 12.7 Å². The minimum Gasteiger partial charge on any atom is -0.460 e. The Labute approximate surface area is 475 Å². The summed E-state index contributed by atoms with van der Waals surface area (Å²) in [6.07, 6.45) is -0.942. The number of pyridine rings is 2. The summed E-state index contributed by atoms with van der Waals surface area (Å²) in [5, 5.41) is 27.2. The Kier molecular flexibility index (Phi) is 15.7. The Morgan fingerprint density at radius 1 is 0.807 bits per heavy atom. The van der Waals surface area contributed by atoms with Crippen molar-refractivity contribution in [1.82, 2.24) is 41.5 Å². The number of aryl methyl sites for hydroxylation is 1. The minimum absolute atomic E-state index is 0.0135. The molecular formula is C61H61FN8O13. The summed E-state index contributed by atoms with van der Waals surface area (Å²) in [6, 6.07) is 23.6. The number of carbonyl (C=O) groups excluding carboxylic acids is 8. The number of benzene rings is 4. The smallest absolute Gasteiger partial charge is 0.407 e. The van der Waals surface area contributed by atoms with Crippen LogP contribution < -0.4 is 37.5 Å². The fraction of sp³-hybridized carbons (Fsp3) is 0.344. The average molecular weight is 1130 g/mol. The molecule has 4 aromatic carbocycles. The molecule has 7 N–H and O–H groups in total. The van der Waals surface area contributed by atoms with E-state index in [0.717, 1.165) is 22.3 Å². The molecular weight excluding hydrogens is 1070 g/mol. The van der Waals surface area contributed by atoms with Crippen LogP contribution >= 0.6 is 0 Å². The lowest BCUT2D eigenvalue weighted by Crippen LogP contribution is -2.53. The molecule has 0 saturated heterocycles. The largest absolute Gasteiger partial charge is 0.460 e. The molecule has 0 radical (unpaired) electrons. The van der Waals surface area contributed by atoms with E-state index in [1.54, 1.807) is 58.0 Å². The number of cyclic esters (lactones) is 1. The van der Waals surface area contributed by atoms with E-state index in [4.69, 9.17) is 19.2 Å². The number of aromatic nitrogens is 2. The molecule has 0 unspecified atom stereocenters. The first-order valence-electron chi connectivity index (χ1n) is 27.2. The summed E-state index contributed by atoms with van der Waals surface area (Å²) >= 11 is 0. The fourth-order valence-corrected chi connectivity index (χ4v) is 11.4. The van der Waals surface area contributed by atoms with E-state index in [9.17, 15) is 48.3 Å². The number of alkyl carbamates (subject to hydrolysis) is 1. The molecule has 4 aliphatic rings. The number of hydrogen-bond acceptors (Lipinski definition) is 14. The number of halogens is 1. The van der Waals surface area contributed by atoms with Gasteiger partial charge in [-0.1, -0.05) is 78.9 Å². The Morgan fingerprint density at radius 2 is 1.45 bits per heavy atom. The van der Waals surface area contributed by atoms with Crippen molar-refractivity contribution in [1.29, 1.82) is 0 Å². The lowest BCUT2D eigenvalue weighted by molar-refractivity contribution is -0.169. The molecule has 4 heterocycles. The number of amides is 6. The van der Waals surface area contributed by atoms with E-state index < -0.39 is 114 Å². The maximum atomic E-state index is 15.5. The third kappa shape index (κ3) is 11.8. The van der Waals surface area contributed by atoms with Crippen molar-refractivity contribution in [2.75, 3.05) is 26.2 Å². The number of nitrogens with one attached hydrogen (secondary N) is 6. The van der Waals surface area contributed by atoms with Gasteiger partial charge in [-0.15, -0.1) is 0 Å². The molecule has 10 rings (SSSR count). The fourth-order valence-electron chi connectivity index (χ4n) is 11.4. The first kappa shape index (κ1) is 56.9. The van der Waals surface area contributed by atoms with Gasteiger partial charge in [-0.05, 0) is 98.0 Å². The zero-order valence-corrected chi connectivity index (χ0v) is 46.2. The van der Waals surface area contributed by atoms with Gasteiger partial charge in [0.2, 0.25) is 29.5 Å². The highest BCUT2D eigenvalue weighted by molar-refractivity contribution is 5.96. The molecule has 2 aliphatic carbocycles. The molecule has 6 aromatic rings. The number of ether oxygens (including phenoxy) is 3. The predicted octanol–water partition coefficient (Wildman–Crippen LogP) is 3.96. The van der Waals surface area contributed by atoms with E-state index >= 15 is 4.39 Å². The second-order valence-corrected chi connectivity index (χ2v) is 22.2. The summed E-state index contributed by atoms with van der Waals surface area (Å²) in [5.74, 6) is -6.40. The molecule has 0 saturated carbocycles. The maximum absolute atomic E-state index is 15.5. The predicted molar refractivity (Wildman–Crippen MR) is 297 cm³/mol. The number of fused-ring (bicyclic) bond motifs is 8. The quantitative estimate of drug-likeness (QED) is 0.0502. The number of aliphatic hydroxyl groups is 1. The van der Waals surface area contributed by atoms with Gasteiger partial charge >= 0.3 is 18.0 Å². The van der Waals surface area contributed by atoms with Crippen molar-refractivity contribution < 1.29 is 62.1 Å². The topological polar surface area (TPSA) is 292 Å². The van der Waals surface area contributed by atoms with Gasteiger partial charge in [0.05, 0.1) is 61.1 Å². The summed E-state index contributed by atoms with van der Waals surface area (Å²) in [6.45, 7) is 5.54. The van der Waals surface area contributed by atoms with Crippen LogP contribution in [0.15, 0.2) is 95.8 Å². The Hall–Kier alpha value is -9.31. The summed E-state index contributed by atoms with van der Waals surface area (Å²) in [4.78, 5) is 126. The van der Waals surface area contributed by atoms with Gasteiger partial charge in [0.1, 0.15) is 36.7 Å². The summed E-state index contributed by atoms with van der Waals surface area (Å²) in [5.41, 5.74) is 4.41. The normalized spacial score (nSPS) is 17.0. The SMILES string of the molecule is Cc1c(F)cc2nc3c(c4c2c1CC[C@@H]4NC(=O)CNC(=O)[C@H](Cc1ccccc1)NC(=O)CNC(=O)CNC(=O)[C@H](CC(=O)OC(C)(C)C)NC(=O)OCC1c2ccccc2-c2ccccc21)Cn1c-3cc2c(c1=O)COC(=O)[C@@]2(C)O. The standard InChI is InChI=1S/C61H61FN8O13/c1-31-33-19-20-43(53-38-28-70-47(54(38)68-44(52(33)53)23-42(31)62)22-41-40(57(70)77)30-81-58(78)61(41,5)80)66-50(73)27-65-55(75)45(21-32-13-7-6-8-14-32)67-49(72)26-63-48(71)25-64-56(76)46(24-51(74)83-60(2,3)4)69-59(79)82-29-39-36-17-11-9-15-34(36)35-16-10-12-18-37(35)39/h6-18,22-23,39,43,45-46,80H,19-21,24-30H2,1-5H3,(H,63,71)(H,64,76)(H,65,75)(H,66,73)(H,67,72)(H,69,79)/t43-,45-,46-,61-/m0/s1. The highest BCUT2D eigenvalue weighted by atomic mass is 19.1. The zero-order valence-electron chi connectivity index (χ0n) is 46.2. The van der Waals surface area contributed by atoms with Crippen LogP contribution in [-0.2, 0) is 79.4 Å². The summed E-state index contributed by atoms with van der Waals surface area (Å²) in [7, 11) is 0. The molecule has 0 spiro atoms. The molecule has 0 fully saturated rings. The second-order valence-electron chi connectivity index (χ2n) is 22.2. The molecule has 21 nitrogen and oxygen atoms in total. The Bertz CT molecular complexity index is 3700. The summed E-state index contributed by atoms with van der Waals surface area (Å²) < 4.78 is 33.1. The molecule has 6 amide bonds. The highest BCUT2D eigenvalue weighted by Gasteiger charge is 2.44. The third-order valence-corrected chi connectivity index (χ3v) is 15.3. The lowest BCUT2D eigenvalue weighted by atomic mass is 9.81. The first-order chi connectivity index (χ1) is 39.6. The van der Waals surface area contributed by atoms with Crippen molar-refractivity contribution in [2.24, 2.45) is 0 Å². The molecule has 2 aliphatic heterocycles. The van der Waals surface area contributed by atoms with Crippen LogP contribution in [0.4, 0.5) is 9.18 Å². The van der Waals surface area contributed by atoms with Crippen LogP contribution in [0.2, 0.25) is 0 Å². The van der Waals surface area contributed by atoms with Gasteiger partial charge in [-0.3, -0.25) is 33.6 Å². The highest BCUT2D eigenvalue weighted by Crippen LogP contribution is 2.47. The monoisotopic (exact) mass is 1130 g/mol. The number of hydrogen-bond donors (Lipinski definition) is 7. The molecule has 430 valence electrons. The number of esters is 2. The van der Waals surface area contributed by atoms with E-state index in [-0.39, 0.29) is 48.7 Å². The van der Waals surface area contributed by atoms with Crippen molar-refractivity contribution in [3.05, 3.63) is 157 Å². The van der Waals surface area contributed by atoms with Crippen LogP contribution in [0.1, 0.15) is 103 Å². The number of rotatable bonds is 17. The number of carbonyl (C=O) groups is 8. The van der Waals surface area contributed by atoms with Crippen molar-refractivity contribution in [2.45, 2.75) is 109 Å². The van der Waals surface area contributed by atoms with E-state index in [1.165, 1.54) is 23.6 Å². The van der Waals surface area contributed by atoms with E-state index in [2.05, 4.69) is 31.9 Å². The minimum atomic E-state index is -2.12. The van der Waals surface area contributed by atoms with Crippen molar-refractivity contribution in [3.8, 4) is 22.5 Å². The van der Waals surface area contributed by atoms with Gasteiger partial charge in [0.25, 0.3) is 5.56 Å². The van der Waals surface area contributed by atoms with Gasteiger partial charge in [-0.25, -0.2) is 19.0 Å². The van der Waals surface area contributed by atoms with Crippen LogP contribution in [0.3, 0.4) is 0 Å². The van der Waals surface area contributed by atoms with Crippen molar-refractivity contribution in [3.63, 3.8) is 0 Å². The van der Waals surface area contributed by atoms with Gasteiger partial charge in [-0.2, -0.15) is 0 Å². The Balaban J connectivity index is 0.766. The average Bonchev–Trinajstić information content (AvgIpc) is 2.11. The van der Waals surface area contributed by atoms with E-state index in [0.29, 0.717) is 57.4 Å². The maximum Gasteiger partial charge on any atom is 0.407 e. The number of nitrogens with zero attached hydrogens (tertiary/aromatic N) is 2. The van der Waals surface area contributed by atoms with E-state index in [1.807, 2.05) is 48.5 Å². The first-order valence-corrected chi connectivity index (χ1v) is 27.2. The van der Waals surface area contributed by atoms with Gasteiger partial charge < -0.3 is 55.8 Å². The third-order valence-electron chi connectivity index (χ3n) is 15.3. The van der Waals surface area contributed by atoms with Crippen LogP contribution in [0.5, 0.6) is 0 Å².